The standard InChI is InChI=1S/C53H32N2S/c1-2-15-33(16-3-1)47-32-48(34-29-30-40-39-21-9-13-28-49(39)56-50(40)31-34)55-52(54-47)42-23-14-27-46-51(42)41-22-8-12-26-45(41)53(46)43-24-10-6-19-37(43)35-17-4-5-18-36(35)38-20-7-11-25-44(38)53/h1-32H. The molecule has 3 heteroatoms. The summed E-state index contributed by atoms with van der Waals surface area (Å²) in [5, 5.41) is 2.57. The van der Waals surface area contributed by atoms with Crippen LogP contribution >= 0.6 is 11.3 Å². The van der Waals surface area contributed by atoms with E-state index in [-0.39, 0.29) is 0 Å². The summed E-state index contributed by atoms with van der Waals surface area (Å²) in [6.07, 6.45) is 0. The van der Waals surface area contributed by atoms with E-state index in [1.807, 2.05) is 11.3 Å². The van der Waals surface area contributed by atoms with E-state index in [0.29, 0.717) is 0 Å². The molecule has 2 aromatic heterocycles. The minimum Gasteiger partial charge on any atom is -0.228 e. The summed E-state index contributed by atoms with van der Waals surface area (Å²) in [5.74, 6) is 0.722. The van der Waals surface area contributed by atoms with Gasteiger partial charge in [-0.25, -0.2) is 9.97 Å². The number of fused-ring (bicyclic) bond motifs is 15. The summed E-state index contributed by atoms with van der Waals surface area (Å²) >= 11 is 1.84. The third-order valence-corrected chi connectivity index (χ3v) is 13.1. The SMILES string of the molecule is c1ccc(-c2cc(-c3ccc4c(c3)sc3ccccc34)nc(-c3cccc4c3-c3ccccc3C43c4ccccc4-c4ccccc4-c4ccccc43)n2)cc1. The van der Waals surface area contributed by atoms with Crippen molar-refractivity contribution in [3.05, 3.63) is 216 Å². The average Bonchev–Trinajstić information content (AvgIpc) is 3.76. The molecule has 8 aromatic carbocycles. The van der Waals surface area contributed by atoms with Crippen LogP contribution in [0.1, 0.15) is 22.3 Å². The highest BCUT2D eigenvalue weighted by Crippen LogP contribution is 2.62. The van der Waals surface area contributed by atoms with E-state index in [1.165, 1.54) is 75.8 Å². The van der Waals surface area contributed by atoms with Crippen molar-refractivity contribution in [2.45, 2.75) is 5.41 Å². The van der Waals surface area contributed by atoms with E-state index in [0.717, 1.165) is 33.9 Å². The van der Waals surface area contributed by atoms with Crippen molar-refractivity contribution in [3.63, 3.8) is 0 Å². The maximum absolute atomic E-state index is 5.48. The van der Waals surface area contributed by atoms with Crippen molar-refractivity contribution >= 4 is 31.5 Å². The number of thiophene rings is 1. The summed E-state index contributed by atoms with van der Waals surface area (Å²) in [5.41, 5.74) is 17.0. The Morgan fingerprint density at radius 3 is 1.57 bits per heavy atom. The van der Waals surface area contributed by atoms with Crippen LogP contribution in [0.25, 0.3) is 87.5 Å². The van der Waals surface area contributed by atoms with Crippen LogP contribution in [0, 0.1) is 0 Å². The lowest BCUT2D eigenvalue weighted by Gasteiger charge is -2.35. The highest BCUT2D eigenvalue weighted by atomic mass is 32.1. The Balaban J connectivity index is 1.15. The molecule has 2 nitrogen and oxygen atoms in total. The Morgan fingerprint density at radius 1 is 0.339 bits per heavy atom. The predicted molar refractivity (Wildman–Crippen MR) is 233 cm³/mol. The predicted octanol–water partition coefficient (Wildman–Crippen LogP) is 13.9. The largest absolute Gasteiger partial charge is 0.228 e. The van der Waals surface area contributed by atoms with Gasteiger partial charge in [-0.1, -0.05) is 176 Å². The number of aromatic nitrogens is 2. The molecule has 12 rings (SSSR count). The van der Waals surface area contributed by atoms with E-state index in [2.05, 4.69) is 194 Å². The zero-order valence-corrected chi connectivity index (χ0v) is 31.1. The van der Waals surface area contributed by atoms with Gasteiger partial charge in [-0.3, -0.25) is 0 Å². The van der Waals surface area contributed by atoms with E-state index in [9.17, 15) is 0 Å². The highest BCUT2D eigenvalue weighted by molar-refractivity contribution is 7.25. The Labute approximate surface area is 329 Å². The maximum atomic E-state index is 5.48. The van der Waals surface area contributed by atoms with Crippen LogP contribution in [0.5, 0.6) is 0 Å². The molecule has 260 valence electrons. The van der Waals surface area contributed by atoms with Crippen LogP contribution in [0.4, 0.5) is 0 Å². The second-order valence-electron chi connectivity index (χ2n) is 14.8. The number of hydrogen-bond donors (Lipinski definition) is 0. The van der Waals surface area contributed by atoms with Gasteiger partial charge >= 0.3 is 0 Å². The zero-order chi connectivity index (χ0) is 36.8. The molecular formula is C53H32N2S. The lowest BCUT2D eigenvalue weighted by Crippen LogP contribution is -2.29. The molecule has 0 saturated heterocycles. The third-order valence-electron chi connectivity index (χ3n) is 11.9. The molecule has 0 fully saturated rings. The molecule has 0 amide bonds. The quantitative estimate of drug-likeness (QED) is 0.181. The minimum atomic E-state index is -0.569. The molecule has 56 heavy (non-hydrogen) atoms. The van der Waals surface area contributed by atoms with E-state index in [4.69, 9.17) is 9.97 Å². The average molecular weight is 729 g/mol. The van der Waals surface area contributed by atoms with Gasteiger partial charge in [0.2, 0.25) is 0 Å². The van der Waals surface area contributed by atoms with Crippen molar-refractivity contribution in [1.29, 1.82) is 0 Å². The minimum absolute atomic E-state index is 0.569. The normalized spacial score (nSPS) is 13.1. The van der Waals surface area contributed by atoms with E-state index in [1.54, 1.807) is 0 Å². The van der Waals surface area contributed by atoms with Gasteiger partial charge in [-0.05, 0) is 73.8 Å². The van der Waals surface area contributed by atoms with Gasteiger partial charge in [0.25, 0.3) is 0 Å². The van der Waals surface area contributed by atoms with Gasteiger partial charge in [0, 0.05) is 36.9 Å². The van der Waals surface area contributed by atoms with Crippen molar-refractivity contribution in [2.24, 2.45) is 0 Å². The van der Waals surface area contributed by atoms with Gasteiger partial charge in [-0.15, -0.1) is 11.3 Å². The van der Waals surface area contributed by atoms with Crippen molar-refractivity contribution in [3.8, 4) is 67.3 Å². The smallest absolute Gasteiger partial charge is 0.161 e. The van der Waals surface area contributed by atoms with Crippen LogP contribution in [-0.4, -0.2) is 9.97 Å². The van der Waals surface area contributed by atoms with Gasteiger partial charge in [0.1, 0.15) is 0 Å². The third kappa shape index (κ3) is 4.38. The van der Waals surface area contributed by atoms with Gasteiger partial charge in [0.15, 0.2) is 5.82 Å². The fourth-order valence-electron chi connectivity index (χ4n) is 9.64. The van der Waals surface area contributed by atoms with Crippen LogP contribution < -0.4 is 0 Å². The topological polar surface area (TPSA) is 25.8 Å². The Hall–Kier alpha value is -6.94. The zero-order valence-electron chi connectivity index (χ0n) is 30.3. The molecule has 0 bridgehead atoms. The number of nitrogens with zero attached hydrogens (tertiary/aromatic N) is 2. The molecule has 2 aliphatic carbocycles. The van der Waals surface area contributed by atoms with Crippen LogP contribution in [-0.2, 0) is 5.41 Å². The summed E-state index contributed by atoms with van der Waals surface area (Å²) in [7, 11) is 0. The van der Waals surface area contributed by atoms with Crippen molar-refractivity contribution in [1.82, 2.24) is 9.97 Å². The molecule has 2 heterocycles. The number of rotatable bonds is 3. The van der Waals surface area contributed by atoms with Gasteiger partial charge in [0.05, 0.1) is 16.8 Å². The first-order valence-corrected chi connectivity index (χ1v) is 20.0. The maximum Gasteiger partial charge on any atom is 0.161 e. The molecule has 0 N–H and O–H groups in total. The molecule has 10 aromatic rings. The molecule has 0 saturated carbocycles. The van der Waals surface area contributed by atoms with Gasteiger partial charge in [-0.2, -0.15) is 0 Å². The van der Waals surface area contributed by atoms with E-state index < -0.39 is 5.41 Å². The molecule has 0 radical (unpaired) electrons. The summed E-state index contributed by atoms with van der Waals surface area (Å²) in [4.78, 5) is 10.9. The lowest BCUT2D eigenvalue weighted by atomic mass is 9.66. The summed E-state index contributed by atoms with van der Waals surface area (Å²) < 4.78 is 2.55. The number of hydrogen-bond acceptors (Lipinski definition) is 3. The van der Waals surface area contributed by atoms with Crippen LogP contribution in [0.15, 0.2) is 194 Å². The second-order valence-corrected chi connectivity index (χ2v) is 15.9. The summed E-state index contributed by atoms with van der Waals surface area (Å²) in [6, 6.07) is 70.9. The first-order chi connectivity index (χ1) is 27.8. The molecule has 0 unspecified atom stereocenters. The Bertz CT molecular complexity index is 3140. The first kappa shape index (κ1) is 31.4. The molecular weight excluding hydrogens is 697 g/mol. The molecule has 1 spiro atoms. The molecule has 2 aliphatic rings. The van der Waals surface area contributed by atoms with E-state index >= 15 is 0 Å². The summed E-state index contributed by atoms with van der Waals surface area (Å²) in [6.45, 7) is 0. The monoisotopic (exact) mass is 728 g/mol. The van der Waals surface area contributed by atoms with Crippen LogP contribution in [0.3, 0.4) is 0 Å². The van der Waals surface area contributed by atoms with Crippen LogP contribution in [0.2, 0.25) is 0 Å². The fourth-order valence-corrected chi connectivity index (χ4v) is 10.8. The van der Waals surface area contributed by atoms with Crippen molar-refractivity contribution in [2.75, 3.05) is 0 Å². The first-order valence-electron chi connectivity index (χ1n) is 19.2. The Kier molecular flexibility index (Phi) is 6.75. The molecule has 0 atom stereocenters. The van der Waals surface area contributed by atoms with Crippen molar-refractivity contribution < 1.29 is 0 Å². The second kappa shape index (κ2) is 12.0. The Morgan fingerprint density at radius 2 is 0.857 bits per heavy atom. The van der Waals surface area contributed by atoms with Gasteiger partial charge < -0.3 is 0 Å². The highest BCUT2D eigenvalue weighted by Gasteiger charge is 2.50. The molecule has 0 aliphatic heterocycles. The number of benzene rings is 8. The fraction of sp³-hybridized carbons (Fsp3) is 0.0189. The lowest BCUT2D eigenvalue weighted by molar-refractivity contribution is 0.775.